The molecule has 0 heterocycles. The zero-order valence-corrected chi connectivity index (χ0v) is 18.9. The molecular weight excluding hydrogens is 388 g/mol. The number of benzene rings is 1. The summed E-state index contributed by atoms with van der Waals surface area (Å²) in [6, 6.07) is 7.45. The van der Waals surface area contributed by atoms with E-state index >= 15 is 0 Å². The number of carbonyl (C=O) groups excluding carboxylic acids is 1. The van der Waals surface area contributed by atoms with Crippen molar-refractivity contribution >= 4 is 21.9 Å². The first-order valence-corrected chi connectivity index (χ1v) is 10.7. The Morgan fingerprint density at radius 2 is 1.38 bits per heavy atom. The van der Waals surface area contributed by atoms with Crippen LogP contribution in [-0.4, -0.2) is 12.1 Å². The molecule has 146 valence electrons. The molecule has 2 nitrogen and oxygen atoms in total. The van der Waals surface area contributed by atoms with Gasteiger partial charge in [-0.05, 0) is 72.6 Å². The van der Waals surface area contributed by atoms with Gasteiger partial charge in [-0.3, -0.25) is 0 Å². The lowest BCUT2D eigenvalue weighted by Gasteiger charge is -2.40. The van der Waals surface area contributed by atoms with E-state index in [0.717, 1.165) is 17.3 Å². The van der Waals surface area contributed by atoms with E-state index < -0.39 is 0 Å². The summed E-state index contributed by atoms with van der Waals surface area (Å²) in [4.78, 5) is 12.7. The maximum Gasteiger partial charge on any atom is 0.338 e. The lowest BCUT2D eigenvalue weighted by atomic mass is 9.68. The molecule has 1 fully saturated rings. The van der Waals surface area contributed by atoms with Gasteiger partial charge in [-0.25, -0.2) is 4.79 Å². The highest BCUT2D eigenvalue weighted by atomic mass is 79.9. The van der Waals surface area contributed by atoms with E-state index in [9.17, 15) is 4.79 Å². The second-order valence-corrected chi connectivity index (χ2v) is 11.0. The first kappa shape index (κ1) is 21.5. The van der Waals surface area contributed by atoms with Crippen LogP contribution in [0, 0.1) is 22.7 Å². The van der Waals surface area contributed by atoms with Gasteiger partial charge in [0.1, 0.15) is 6.10 Å². The monoisotopic (exact) mass is 422 g/mol. The maximum atomic E-state index is 12.7. The lowest BCUT2D eigenvalue weighted by molar-refractivity contribution is -0.00470. The Bertz CT molecular complexity index is 568. The van der Waals surface area contributed by atoms with Gasteiger partial charge in [-0.1, -0.05) is 63.9 Å². The van der Waals surface area contributed by atoms with Crippen LogP contribution in [-0.2, 0) is 4.74 Å². The summed E-state index contributed by atoms with van der Waals surface area (Å²) in [7, 11) is 0. The average Bonchev–Trinajstić information content (AvgIpc) is 2.47. The van der Waals surface area contributed by atoms with Crippen LogP contribution in [0.1, 0.15) is 84.0 Å². The molecule has 2 rings (SSSR count). The van der Waals surface area contributed by atoms with E-state index in [4.69, 9.17) is 4.74 Å². The Morgan fingerprint density at radius 3 is 1.81 bits per heavy atom. The van der Waals surface area contributed by atoms with Gasteiger partial charge in [0.05, 0.1) is 5.56 Å². The summed E-state index contributed by atoms with van der Waals surface area (Å²) in [6.45, 7) is 13.9. The molecular formula is C23H35BrO2. The minimum atomic E-state index is -0.191. The molecule has 2 atom stereocenters. The van der Waals surface area contributed by atoms with Crippen molar-refractivity contribution in [3.8, 4) is 0 Å². The molecule has 0 amide bonds. The Balaban J connectivity index is 2.17. The van der Waals surface area contributed by atoms with E-state index in [0.29, 0.717) is 17.4 Å². The minimum absolute atomic E-state index is 0.0000955. The van der Waals surface area contributed by atoms with E-state index in [1.807, 2.05) is 24.3 Å². The predicted octanol–water partition coefficient (Wildman–Crippen LogP) is 7.26. The van der Waals surface area contributed by atoms with E-state index in [1.165, 1.54) is 19.3 Å². The fourth-order valence-corrected chi connectivity index (χ4v) is 4.32. The largest absolute Gasteiger partial charge is 0.459 e. The van der Waals surface area contributed by atoms with Gasteiger partial charge >= 0.3 is 5.97 Å². The molecule has 0 aromatic heterocycles. The molecule has 1 aromatic rings. The van der Waals surface area contributed by atoms with Crippen molar-refractivity contribution in [2.24, 2.45) is 22.7 Å². The van der Waals surface area contributed by atoms with E-state index in [2.05, 4.69) is 57.5 Å². The molecule has 0 saturated heterocycles. The molecule has 0 N–H and O–H groups in total. The molecule has 3 heteroatoms. The summed E-state index contributed by atoms with van der Waals surface area (Å²) in [5, 5.41) is 0. The molecule has 0 radical (unpaired) electrons. The van der Waals surface area contributed by atoms with Crippen LogP contribution >= 0.6 is 15.9 Å². The Hall–Kier alpha value is -0.830. The Labute approximate surface area is 168 Å². The number of ether oxygens (including phenoxy) is 1. The summed E-state index contributed by atoms with van der Waals surface area (Å²) >= 11 is 3.42. The minimum Gasteiger partial charge on any atom is -0.459 e. The van der Waals surface area contributed by atoms with E-state index in [1.54, 1.807) is 0 Å². The normalized spacial score (nSPS) is 25.3. The standard InChI is InChI=1S/C23H35BrO2/c1-22(2,3)17-8-7-9-18(23(4,5)6)15-20(14-17)26-21(25)16-10-12-19(24)13-11-16/h10-13,17-18,20H,7-9,14-15H2,1-6H3. The van der Waals surface area contributed by atoms with Gasteiger partial charge in [0, 0.05) is 4.47 Å². The number of esters is 1. The highest BCUT2D eigenvalue weighted by Gasteiger charge is 2.35. The molecule has 1 aromatic carbocycles. The molecule has 26 heavy (non-hydrogen) atoms. The van der Waals surface area contributed by atoms with Crippen molar-refractivity contribution < 1.29 is 9.53 Å². The van der Waals surface area contributed by atoms with Crippen molar-refractivity contribution in [2.75, 3.05) is 0 Å². The third kappa shape index (κ3) is 6.11. The smallest absolute Gasteiger partial charge is 0.338 e. The van der Waals surface area contributed by atoms with Crippen LogP contribution in [0.2, 0.25) is 0 Å². The summed E-state index contributed by atoms with van der Waals surface area (Å²) < 4.78 is 7.02. The molecule has 1 aliphatic carbocycles. The van der Waals surface area contributed by atoms with Gasteiger partial charge in [0.15, 0.2) is 0 Å². The maximum absolute atomic E-state index is 12.7. The van der Waals surface area contributed by atoms with Gasteiger partial charge in [-0.2, -0.15) is 0 Å². The number of carbonyl (C=O) groups is 1. The first-order valence-electron chi connectivity index (χ1n) is 9.93. The number of halogens is 1. The van der Waals surface area contributed by atoms with Crippen LogP contribution in [0.25, 0.3) is 0 Å². The first-order chi connectivity index (χ1) is 12.0. The van der Waals surface area contributed by atoms with Crippen LogP contribution in [0.3, 0.4) is 0 Å². The molecule has 0 spiro atoms. The van der Waals surface area contributed by atoms with Crippen molar-refractivity contribution in [3.63, 3.8) is 0 Å². The summed E-state index contributed by atoms with van der Waals surface area (Å²) in [5.74, 6) is 0.987. The third-order valence-electron chi connectivity index (χ3n) is 6.00. The zero-order chi connectivity index (χ0) is 19.5. The summed E-state index contributed by atoms with van der Waals surface area (Å²) in [6.07, 6.45) is 5.67. The quantitative estimate of drug-likeness (QED) is 0.468. The van der Waals surface area contributed by atoms with Crippen LogP contribution in [0.15, 0.2) is 28.7 Å². The number of rotatable bonds is 2. The Kier molecular flexibility index (Phi) is 6.98. The van der Waals surface area contributed by atoms with Gasteiger partial charge < -0.3 is 4.74 Å². The van der Waals surface area contributed by atoms with Crippen molar-refractivity contribution in [2.45, 2.75) is 79.8 Å². The van der Waals surface area contributed by atoms with Crippen molar-refractivity contribution in [1.29, 1.82) is 0 Å². The van der Waals surface area contributed by atoms with Crippen molar-refractivity contribution in [1.82, 2.24) is 0 Å². The van der Waals surface area contributed by atoms with Gasteiger partial charge in [-0.15, -0.1) is 0 Å². The Morgan fingerprint density at radius 1 is 0.923 bits per heavy atom. The highest BCUT2D eigenvalue weighted by molar-refractivity contribution is 9.10. The number of hydrogen-bond acceptors (Lipinski definition) is 2. The van der Waals surface area contributed by atoms with E-state index in [-0.39, 0.29) is 22.9 Å². The molecule has 1 aliphatic rings. The fourth-order valence-electron chi connectivity index (χ4n) is 4.05. The second-order valence-electron chi connectivity index (χ2n) is 10.1. The predicted molar refractivity (Wildman–Crippen MR) is 112 cm³/mol. The second kappa shape index (κ2) is 8.46. The molecule has 0 bridgehead atoms. The fraction of sp³-hybridized carbons (Fsp3) is 0.696. The van der Waals surface area contributed by atoms with Gasteiger partial charge in [0.25, 0.3) is 0 Å². The topological polar surface area (TPSA) is 26.3 Å². The van der Waals surface area contributed by atoms with Gasteiger partial charge in [0.2, 0.25) is 0 Å². The number of hydrogen-bond donors (Lipinski definition) is 0. The zero-order valence-electron chi connectivity index (χ0n) is 17.3. The average molecular weight is 423 g/mol. The molecule has 2 unspecified atom stereocenters. The van der Waals surface area contributed by atoms with Crippen LogP contribution in [0.4, 0.5) is 0 Å². The van der Waals surface area contributed by atoms with Crippen LogP contribution in [0.5, 0.6) is 0 Å². The molecule has 1 saturated carbocycles. The molecule has 0 aliphatic heterocycles. The summed E-state index contributed by atoms with van der Waals surface area (Å²) in [5.41, 5.74) is 1.13. The SMILES string of the molecule is CC(C)(C)C1CCCC(C(C)(C)C)CC(OC(=O)c2ccc(Br)cc2)C1. The van der Waals surface area contributed by atoms with Crippen molar-refractivity contribution in [3.05, 3.63) is 34.3 Å². The lowest BCUT2D eigenvalue weighted by Crippen LogP contribution is -2.34. The van der Waals surface area contributed by atoms with Crippen LogP contribution < -0.4 is 0 Å². The highest BCUT2D eigenvalue weighted by Crippen LogP contribution is 2.42. The third-order valence-corrected chi connectivity index (χ3v) is 6.53.